The highest BCUT2D eigenvalue weighted by Gasteiger charge is 2.33. The van der Waals surface area contributed by atoms with Crippen LogP contribution in [0.2, 0.25) is 0 Å². The van der Waals surface area contributed by atoms with Gasteiger partial charge in [-0.05, 0) is 67.0 Å². The van der Waals surface area contributed by atoms with Crippen molar-refractivity contribution in [3.8, 4) is 17.1 Å². The zero-order valence-corrected chi connectivity index (χ0v) is 16.8. The molecule has 29 heavy (non-hydrogen) atoms. The summed E-state index contributed by atoms with van der Waals surface area (Å²) in [5, 5.41) is 7.08. The van der Waals surface area contributed by atoms with Crippen molar-refractivity contribution in [1.82, 2.24) is 19.7 Å². The SMILES string of the molecule is COc1ccc(-c2n[nH]c(=S)n2CC(=O)N(Cc2ccc(F)cc2)C2CC2)cc1. The van der Waals surface area contributed by atoms with Gasteiger partial charge in [0.05, 0.1) is 7.11 Å². The molecule has 0 bridgehead atoms. The van der Waals surface area contributed by atoms with Gasteiger partial charge in [-0.3, -0.25) is 14.5 Å². The first-order chi connectivity index (χ1) is 14.0. The molecule has 150 valence electrons. The quantitative estimate of drug-likeness (QED) is 0.597. The van der Waals surface area contributed by atoms with Gasteiger partial charge >= 0.3 is 0 Å². The number of benzene rings is 2. The zero-order chi connectivity index (χ0) is 20.4. The Morgan fingerprint density at radius 1 is 1.24 bits per heavy atom. The molecule has 1 aromatic heterocycles. The Balaban J connectivity index is 1.55. The summed E-state index contributed by atoms with van der Waals surface area (Å²) in [5.74, 6) is 1.02. The highest BCUT2D eigenvalue weighted by molar-refractivity contribution is 7.71. The van der Waals surface area contributed by atoms with Crippen molar-refractivity contribution in [3.05, 3.63) is 64.7 Å². The molecule has 3 aromatic rings. The first kappa shape index (κ1) is 19.3. The van der Waals surface area contributed by atoms with Gasteiger partial charge in [0.25, 0.3) is 0 Å². The van der Waals surface area contributed by atoms with Crippen molar-refractivity contribution < 1.29 is 13.9 Å². The van der Waals surface area contributed by atoms with Crippen LogP contribution in [0.15, 0.2) is 48.5 Å². The number of nitrogens with zero attached hydrogens (tertiary/aromatic N) is 3. The molecule has 1 amide bonds. The van der Waals surface area contributed by atoms with Crippen molar-refractivity contribution in [2.75, 3.05) is 7.11 Å². The molecule has 0 saturated heterocycles. The highest BCUT2D eigenvalue weighted by atomic mass is 32.1. The van der Waals surface area contributed by atoms with Crippen LogP contribution in [-0.4, -0.2) is 38.7 Å². The number of rotatable bonds is 7. The minimum atomic E-state index is -0.285. The van der Waals surface area contributed by atoms with Crippen LogP contribution >= 0.6 is 12.2 Å². The molecule has 0 radical (unpaired) electrons. The minimum Gasteiger partial charge on any atom is -0.497 e. The van der Waals surface area contributed by atoms with E-state index in [-0.39, 0.29) is 24.3 Å². The molecule has 1 aliphatic carbocycles. The van der Waals surface area contributed by atoms with E-state index < -0.39 is 0 Å². The summed E-state index contributed by atoms with van der Waals surface area (Å²) >= 11 is 5.36. The number of H-pyrrole nitrogens is 1. The molecule has 1 saturated carbocycles. The summed E-state index contributed by atoms with van der Waals surface area (Å²) in [6.45, 7) is 0.543. The molecule has 1 heterocycles. The molecule has 0 aliphatic heterocycles. The maximum atomic E-state index is 13.2. The third-order valence-corrected chi connectivity index (χ3v) is 5.29. The van der Waals surface area contributed by atoms with Gasteiger partial charge in [0.15, 0.2) is 10.6 Å². The fourth-order valence-electron chi connectivity index (χ4n) is 3.24. The van der Waals surface area contributed by atoms with Crippen molar-refractivity contribution >= 4 is 18.1 Å². The summed E-state index contributed by atoms with van der Waals surface area (Å²) in [4.78, 5) is 15.0. The van der Waals surface area contributed by atoms with E-state index in [1.165, 1.54) is 12.1 Å². The van der Waals surface area contributed by atoms with Crippen molar-refractivity contribution in [1.29, 1.82) is 0 Å². The largest absolute Gasteiger partial charge is 0.497 e. The summed E-state index contributed by atoms with van der Waals surface area (Å²) in [5.41, 5.74) is 1.74. The van der Waals surface area contributed by atoms with Crippen LogP contribution < -0.4 is 4.74 Å². The van der Waals surface area contributed by atoms with Crippen LogP contribution in [0.4, 0.5) is 4.39 Å². The van der Waals surface area contributed by atoms with E-state index in [0.29, 0.717) is 17.1 Å². The number of carbonyl (C=O) groups excluding carboxylic acids is 1. The number of hydrogen-bond acceptors (Lipinski definition) is 4. The van der Waals surface area contributed by atoms with Gasteiger partial charge in [0.1, 0.15) is 18.1 Å². The number of nitrogens with one attached hydrogen (secondary N) is 1. The lowest BCUT2D eigenvalue weighted by Crippen LogP contribution is -2.35. The molecule has 0 atom stereocenters. The molecule has 1 aliphatic rings. The summed E-state index contributed by atoms with van der Waals surface area (Å²) < 4.78 is 20.5. The van der Waals surface area contributed by atoms with E-state index in [1.54, 1.807) is 23.8 Å². The standard InChI is InChI=1S/C21H21FN4O2S/c1-28-18-10-4-15(5-11-18)20-23-24-21(29)26(20)13-19(27)25(17-8-9-17)12-14-2-6-16(22)7-3-14/h2-7,10-11,17H,8-9,12-13H2,1H3,(H,24,29). The Labute approximate surface area is 172 Å². The number of aromatic amines is 1. The average Bonchev–Trinajstić information content (AvgIpc) is 3.51. The lowest BCUT2D eigenvalue weighted by Gasteiger charge is -2.23. The second kappa shape index (κ2) is 8.16. The molecule has 2 aromatic carbocycles. The van der Waals surface area contributed by atoms with Gasteiger partial charge in [0.2, 0.25) is 5.91 Å². The van der Waals surface area contributed by atoms with Crippen molar-refractivity contribution in [2.45, 2.75) is 32.0 Å². The summed E-state index contributed by atoms with van der Waals surface area (Å²) in [6.07, 6.45) is 1.96. The number of aromatic nitrogens is 3. The normalized spacial score (nSPS) is 13.3. The lowest BCUT2D eigenvalue weighted by atomic mass is 10.2. The predicted octanol–water partition coefficient (Wildman–Crippen LogP) is 3.95. The Morgan fingerprint density at radius 3 is 2.55 bits per heavy atom. The molecule has 0 unspecified atom stereocenters. The van der Waals surface area contributed by atoms with Gasteiger partial charge in [-0.1, -0.05) is 12.1 Å². The Morgan fingerprint density at radius 2 is 1.93 bits per heavy atom. The van der Waals surface area contributed by atoms with E-state index in [0.717, 1.165) is 29.7 Å². The Kier molecular flexibility index (Phi) is 5.44. The molecular formula is C21H21FN4O2S. The summed E-state index contributed by atoms with van der Waals surface area (Å²) in [6, 6.07) is 13.9. The zero-order valence-electron chi connectivity index (χ0n) is 16.0. The third-order valence-electron chi connectivity index (χ3n) is 4.97. The molecule has 6 nitrogen and oxygen atoms in total. The maximum Gasteiger partial charge on any atom is 0.243 e. The van der Waals surface area contributed by atoms with Crippen LogP contribution in [0.3, 0.4) is 0 Å². The highest BCUT2D eigenvalue weighted by Crippen LogP contribution is 2.29. The Bertz CT molecular complexity index is 1060. The molecule has 4 rings (SSSR count). The Hall–Kier alpha value is -3.00. The monoisotopic (exact) mass is 412 g/mol. The summed E-state index contributed by atoms with van der Waals surface area (Å²) in [7, 11) is 1.61. The van der Waals surface area contributed by atoms with Gasteiger partial charge in [0, 0.05) is 18.2 Å². The number of methoxy groups -OCH3 is 1. The molecule has 8 heteroatoms. The van der Waals surface area contributed by atoms with Crippen LogP contribution in [-0.2, 0) is 17.9 Å². The van der Waals surface area contributed by atoms with Gasteiger partial charge < -0.3 is 9.64 Å². The molecule has 0 spiro atoms. The van der Waals surface area contributed by atoms with Crippen LogP contribution in [0.1, 0.15) is 18.4 Å². The number of ether oxygens (including phenoxy) is 1. The second-order valence-electron chi connectivity index (χ2n) is 7.05. The molecule has 1 N–H and O–H groups in total. The first-order valence-electron chi connectivity index (χ1n) is 9.38. The van der Waals surface area contributed by atoms with E-state index in [4.69, 9.17) is 17.0 Å². The first-order valence-corrected chi connectivity index (χ1v) is 9.79. The molecular weight excluding hydrogens is 391 g/mol. The van der Waals surface area contributed by atoms with Crippen LogP contribution in [0.25, 0.3) is 11.4 Å². The van der Waals surface area contributed by atoms with Crippen LogP contribution in [0.5, 0.6) is 5.75 Å². The predicted molar refractivity (Wildman–Crippen MR) is 109 cm³/mol. The van der Waals surface area contributed by atoms with Crippen LogP contribution in [0, 0.1) is 10.6 Å². The van der Waals surface area contributed by atoms with Gasteiger partial charge in [-0.25, -0.2) is 4.39 Å². The number of carbonyl (C=O) groups is 1. The topological polar surface area (TPSA) is 63.1 Å². The van der Waals surface area contributed by atoms with Gasteiger partial charge in [-0.2, -0.15) is 5.10 Å². The van der Waals surface area contributed by atoms with Gasteiger partial charge in [-0.15, -0.1) is 0 Å². The minimum absolute atomic E-state index is 0.0379. The number of hydrogen-bond donors (Lipinski definition) is 1. The third kappa shape index (κ3) is 4.37. The van der Waals surface area contributed by atoms with E-state index in [1.807, 2.05) is 29.2 Å². The van der Waals surface area contributed by atoms with E-state index >= 15 is 0 Å². The van der Waals surface area contributed by atoms with Crippen molar-refractivity contribution in [3.63, 3.8) is 0 Å². The van der Waals surface area contributed by atoms with E-state index in [2.05, 4.69) is 10.2 Å². The van der Waals surface area contributed by atoms with E-state index in [9.17, 15) is 9.18 Å². The average molecular weight is 412 g/mol. The second-order valence-corrected chi connectivity index (χ2v) is 7.43. The smallest absolute Gasteiger partial charge is 0.243 e. The number of amides is 1. The number of halogens is 1. The molecule has 1 fully saturated rings. The van der Waals surface area contributed by atoms with Crippen molar-refractivity contribution in [2.24, 2.45) is 0 Å². The maximum absolute atomic E-state index is 13.2. The lowest BCUT2D eigenvalue weighted by molar-refractivity contribution is -0.133. The fraction of sp³-hybridized carbons (Fsp3) is 0.286. The fourth-order valence-corrected chi connectivity index (χ4v) is 3.44.